The van der Waals surface area contributed by atoms with Crippen LogP contribution in [0.1, 0.15) is 10.5 Å². The van der Waals surface area contributed by atoms with Crippen molar-refractivity contribution in [3.05, 3.63) is 54.4 Å². The van der Waals surface area contributed by atoms with Crippen LogP contribution < -0.4 is 0 Å². The number of rotatable bonds is 2. The lowest BCUT2D eigenvalue weighted by atomic mass is 10.1. The van der Waals surface area contributed by atoms with Gasteiger partial charge in [0.15, 0.2) is 11.9 Å². The largest absolute Gasteiger partial charge is 0.296 e. The van der Waals surface area contributed by atoms with Crippen LogP contribution in [0.3, 0.4) is 0 Å². The highest BCUT2D eigenvalue weighted by atomic mass is 16.1. The molecule has 2 heterocycles. The Morgan fingerprint density at radius 1 is 1.06 bits per heavy atom. The summed E-state index contributed by atoms with van der Waals surface area (Å²) in [5, 5.41) is 4.40. The number of carbonyl (C=O) groups is 1. The molecule has 1 aromatic carbocycles. The van der Waals surface area contributed by atoms with E-state index in [1.54, 1.807) is 4.52 Å². The van der Waals surface area contributed by atoms with E-state index in [0.29, 0.717) is 11.3 Å². The van der Waals surface area contributed by atoms with Gasteiger partial charge in [0.25, 0.3) is 0 Å². The molecule has 82 valence electrons. The van der Waals surface area contributed by atoms with Gasteiger partial charge in [-0.05, 0) is 12.1 Å². The summed E-state index contributed by atoms with van der Waals surface area (Å²) >= 11 is 0. The summed E-state index contributed by atoms with van der Waals surface area (Å²) in [4.78, 5) is 14.9. The maximum atomic E-state index is 10.8. The molecule has 0 amide bonds. The molecule has 0 saturated carbocycles. The Labute approximate surface area is 97.5 Å². The first-order valence-corrected chi connectivity index (χ1v) is 5.24. The van der Waals surface area contributed by atoms with E-state index in [0.717, 1.165) is 17.5 Å². The molecule has 0 fully saturated rings. The fourth-order valence-electron chi connectivity index (χ4n) is 1.73. The molecular formula is C13H9N3O. The van der Waals surface area contributed by atoms with Gasteiger partial charge in [0.1, 0.15) is 5.69 Å². The first-order valence-electron chi connectivity index (χ1n) is 5.24. The minimum absolute atomic E-state index is 0.456. The molecule has 0 bridgehead atoms. The van der Waals surface area contributed by atoms with Gasteiger partial charge in [-0.3, -0.25) is 4.79 Å². The smallest absolute Gasteiger partial charge is 0.170 e. The summed E-state index contributed by atoms with van der Waals surface area (Å²) < 4.78 is 1.55. The number of fused-ring (bicyclic) bond motifs is 1. The van der Waals surface area contributed by atoms with Crippen molar-refractivity contribution in [2.45, 2.75) is 0 Å². The monoisotopic (exact) mass is 223 g/mol. The summed E-state index contributed by atoms with van der Waals surface area (Å²) in [5.74, 6) is 0. The number of nitrogens with zero attached hydrogens (tertiary/aromatic N) is 3. The molecule has 0 radical (unpaired) electrons. The Hall–Kier alpha value is -2.49. The minimum atomic E-state index is 0.456. The number of aldehydes is 1. The van der Waals surface area contributed by atoms with E-state index in [1.807, 2.05) is 42.5 Å². The first kappa shape index (κ1) is 9.72. The van der Waals surface area contributed by atoms with Gasteiger partial charge in [-0.15, -0.1) is 0 Å². The van der Waals surface area contributed by atoms with E-state index in [2.05, 4.69) is 10.1 Å². The van der Waals surface area contributed by atoms with Crippen LogP contribution in [0.25, 0.3) is 16.9 Å². The van der Waals surface area contributed by atoms with Gasteiger partial charge in [0, 0.05) is 5.56 Å². The highest BCUT2D eigenvalue weighted by molar-refractivity contribution is 5.74. The molecule has 2 aromatic heterocycles. The molecule has 17 heavy (non-hydrogen) atoms. The summed E-state index contributed by atoms with van der Waals surface area (Å²) in [5.41, 5.74) is 2.96. The van der Waals surface area contributed by atoms with Gasteiger partial charge in [-0.25, -0.2) is 9.50 Å². The molecule has 0 atom stereocenters. The topological polar surface area (TPSA) is 47.3 Å². The van der Waals surface area contributed by atoms with Gasteiger partial charge >= 0.3 is 0 Å². The van der Waals surface area contributed by atoms with Crippen molar-refractivity contribution in [1.29, 1.82) is 0 Å². The van der Waals surface area contributed by atoms with Crippen LogP contribution in [-0.2, 0) is 0 Å². The third-order valence-corrected chi connectivity index (χ3v) is 2.58. The number of carbonyl (C=O) groups excluding carboxylic acids is 1. The van der Waals surface area contributed by atoms with E-state index in [9.17, 15) is 4.79 Å². The number of hydrogen-bond acceptors (Lipinski definition) is 3. The zero-order chi connectivity index (χ0) is 11.7. The quantitative estimate of drug-likeness (QED) is 0.626. The summed E-state index contributed by atoms with van der Waals surface area (Å²) in [7, 11) is 0. The van der Waals surface area contributed by atoms with Crippen molar-refractivity contribution >= 4 is 11.9 Å². The van der Waals surface area contributed by atoms with Crippen LogP contribution in [0.5, 0.6) is 0 Å². The SMILES string of the molecule is O=Cc1cnc2ccc(-c3ccccc3)nn12. The standard InChI is InChI=1S/C13H9N3O/c17-9-11-8-14-13-7-6-12(15-16(11)13)10-4-2-1-3-5-10/h1-9H. The zero-order valence-electron chi connectivity index (χ0n) is 8.95. The molecule has 0 unspecified atom stereocenters. The summed E-state index contributed by atoms with van der Waals surface area (Å²) in [6.07, 6.45) is 2.27. The zero-order valence-corrected chi connectivity index (χ0v) is 8.95. The molecule has 3 rings (SSSR count). The van der Waals surface area contributed by atoms with Crippen molar-refractivity contribution in [2.24, 2.45) is 0 Å². The lowest BCUT2D eigenvalue weighted by Gasteiger charge is -2.01. The fraction of sp³-hybridized carbons (Fsp3) is 0. The van der Waals surface area contributed by atoms with Crippen molar-refractivity contribution in [3.63, 3.8) is 0 Å². The highest BCUT2D eigenvalue weighted by Gasteiger charge is 2.05. The minimum Gasteiger partial charge on any atom is -0.296 e. The van der Waals surface area contributed by atoms with E-state index in [1.165, 1.54) is 6.20 Å². The van der Waals surface area contributed by atoms with Gasteiger partial charge in [-0.1, -0.05) is 30.3 Å². The van der Waals surface area contributed by atoms with Crippen LogP contribution in [0, 0.1) is 0 Å². The van der Waals surface area contributed by atoms with Crippen LogP contribution in [0.4, 0.5) is 0 Å². The maximum Gasteiger partial charge on any atom is 0.170 e. The molecule has 0 aliphatic carbocycles. The first-order chi connectivity index (χ1) is 8.38. The number of hydrogen-bond donors (Lipinski definition) is 0. The predicted octanol–water partition coefficient (Wildman–Crippen LogP) is 2.21. The molecule has 0 spiro atoms. The molecule has 3 aromatic rings. The van der Waals surface area contributed by atoms with Crippen LogP contribution in [0.15, 0.2) is 48.7 Å². The number of imidazole rings is 1. The second-order valence-electron chi connectivity index (χ2n) is 3.66. The lowest BCUT2D eigenvalue weighted by molar-refractivity contribution is 0.111. The van der Waals surface area contributed by atoms with E-state index in [-0.39, 0.29) is 0 Å². The molecule has 0 N–H and O–H groups in total. The predicted molar refractivity (Wildman–Crippen MR) is 63.8 cm³/mol. The average molecular weight is 223 g/mol. The van der Waals surface area contributed by atoms with Gasteiger partial charge in [0.2, 0.25) is 0 Å². The van der Waals surface area contributed by atoms with Gasteiger partial charge < -0.3 is 0 Å². The van der Waals surface area contributed by atoms with Crippen LogP contribution >= 0.6 is 0 Å². The summed E-state index contributed by atoms with van der Waals surface area (Å²) in [6.45, 7) is 0. The van der Waals surface area contributed by atoms with Gasteiger partial charge in [0.05, 0.1) is 11.9 Å². The van der Waals surface area contributed by atoms with E-state index in [4.69, 9.17) is 0 Å². The molecular weight excluding hydrogens is 214 g/mol. The second kappa shape index (κ2) is 3.83. The highest BCUT2D eigenvalue weighted by Crippen LogP contribution is 2.16. The fourth-order valence-corrected chi connectivity index (χ4v) is 1.73. The average Bonchev–Trinajstić information content (AvgIpc) is 2.81. The Balaban J connectivity index is 2.22. The van der Waals surface area contributed by atoms with Gasteiger partial charge in [-0.2, -0.15) is 5.10 Å². The Bertz CT molecular complexity index is 673. The van der Waals surface area contributed by atoms with Crippen molar-refractivity contribution in [1.82, 2.24) is 14.6 Å². The maximum absolute atomic E-state index is 10.8. The third-order valence-electron chi connectivity index (χ3n) is 2.58. The molecule has 0 saturated heterocycles. The Morgan fingerprint density at radius 2 is 1.88 bits per heavy atom. The Morgan fingerprint density at radius 3 is 2.65 bits per heavy atom. The molecule has 4 heteroatoms. The second-order valence-corrected chi connectivity index (χ2v) is 3.66. The lowest BCUT2D eigenvalue weighted by Crippen LogP contribution is -1.98. The number of benzene rings is 1. The van der Waals surface area contributed by atoms with E-state index >= 15 is 0 Å². The Kier molecular flexibility index (Phi) is 2.19. The van der Waals surface area contributed by atoms with Crippen molar-refractivity contribution < 1.29 is 4.79 Å². The van der Waals surface area contributed by atoms with Crippen LogP contribution in [-0.4, -0.2) is 20.9 Å². The van der Waals surface area contributed by atoms with Crippen molar-refractivity contribution in [2.75, 3.05) is 0 Å². The molecule has 4 nitrogen and oxygen atoms in total. The normalized spacial score (nSPS) is 10.6. The molecule has 0 aliphatic heterocycles. The molecule has 0 aliphatic rings. The summed E-state index contributed by atoms with van der Waals surface area (Å²) in [6, 6.07) is 13.6. The third kappa shape index (κ3) is 1.59. The number of aromatic nitrogens is 3. The van der Waals surface area contributed by atoms with Crippen LogP contribution in [0.2, 0.25) is 0 Å². The van der Waals surface area contributed by atoms with E-state index < -0.39 is 0 Å². The van der Waals surface area contributed by atoms with Crippen molar-refractivity contribution in [3.8, 4) is 11.3 Å².